The van der Waals surface area contributed by atoms with E-state index in [4.69, 9.17) is 0 Å². The van der Waals surface area contributed by atoms with E-state index in [1.54, 1.807) is 18.2 Å². The Kier molecular flexibility index (Phi) is 5.46. The van der Waals surface area contributed by atoms with Gasteiger partial charge in [-0.2, -0.15) is 0 Å². The molecule has 1 amide bonds. The van der Waals surface area contributed by atoms with Gasteiger partial charge in [-0.3, -0.25) is 14.9 Å². The second-order valence-corrected chi connectivity index (χ2v) is 5.68. The van der Waals surface area contributed by atoms with Crippen LogP contribution in [-0.4, -0.2) is 10.8 Å². The SMILES string of the molecule is Cc1ccc(CNC(=O)CC(C)c2ccccc2[N+](=O)[O-])cc1. The minimum Gasteiger partial charge on any atom is -0.352 e. The quantitative estimate of drug-likeness (QED) is 0.652. The molecule has 0 saturated heterocycles. The summed E-state index contributed by atoms with van der Waals surface area (Å²) in [6.07, 6.45) is 0.219. The first kappa shape index (κ1) is 16.7. The van der Waals surface area contributed by atoms with Gasteiger partial charge in [0.1, 0.15) is 0 Å². The van der Waals surface area contributed by atoms with E-state index in [0.29, 0.717) is 12.1 Å². The lowest BCUT2D eigenvalue weighted by Crippen LogP contribution is -2.24. The third-order valence-electron chi connectivity index (χ3n) is 3.77. The Hall–Kier alpha value is -2.69. The third-order valence-corrected chi connectivity index (χ3v) is 3.77. The van der Waals surface area contributed by atoms with Crippen LogP contribution in [0.5, 0.6) is 0 Å². The van der Waals surface area contributed by atoms with Crippen molar-refractivity contribution < 1.29 is 9.72 Å². The molecule has 0 radical (unpaired) electrons. The van der Waals surface area contributed by atoms with E-state index in [1.807, 2.05) is 38.1 Å². The van der Waals surface area contributed by atoms with Crippen molar-refractivity contribution in [2.75, 3.05) is 0 Å². The number of carbonyl (C=O) groups excluding carboxylic acids is 1. The second kappa shape index (κ2) is 7.54. The number of nitrogens with zero attached hydrogens (tertiary/aromatic N) is 1. The molecule has 23 heavy (non-hydrogen) atoms. The lowest BCUT2D eigenvalue weighted by Gasteiger charge is -2.12. The molecule has 2 aromatic rings. The molecule has 0 spiro atoms. The van der Waals surface area contributed by atoms with Gasteiger partial charge in [-0.15, -0.1) is 0 Å². The van der Waals surface area contributed by atoms with Crippen LogP contribution in [0.1, 0.15) is 36.0 Å². The molecular formula is C18H20N2O3. The molecule has 1 unspecified atom stereocenters. The predicted molar refractivity (Wildman–Crippen MR) is 89.2 cm³/mol. The third kappa shape index (κ3) is 4.64. The highest BCUT2D eigenvalue weighted by Gasteiger charge is 2.20. The van der Waals surface area contributed by atoms with Crippen LogP contribution >= 0.6 is 0 Å². The molecular weight excluding hydrogens is 292 g/mol. The molecule has 5 heteroatoms. The molecule has 0 heterocycles. The average molecular weight is 312 g/mol. The first-order valence-corrected chi connectivity index (χ1v) is 7.53. The fraction of sp³-hybridized carbons (Fsp3) is 0.278. The Bertz CT molecular complexity index is 696. The fourth-order valence-electron chi connectivity index (χ4n) is 2.44. The molecule has 0 aliphatic rings. The summed E-state index contributed by atoms with van der Waals surface area (Å²) in [7, 11) is 0. The number of nitro benzene ring substituents is 1. The number of hydrogen-bond acceptors (Lipinski definition) is 3. The largest absolute Gasteiger partial charge is 0.352 e. The van der Waals surface area contributed by atoms with E-state index in [9.17, 15) is 14.9 Å². The van der Waals surface area contributed by atoms with E-state index in [2.05, 4.69) is 5.32 Å². The molecule has 0 saturated carbocycles. The lowest BCUT2D eigenvalue weighted by atomic mass is 9.96. The van der Waals surface area contributed by atoms with Gasteiger partial charge in [0.05, 0.1) is 4.92 Å². The van der Waals surface area contributed by atoms with Crippen LogP contribution in [0.4, 0.5) is 5.69 Å². The molecule has 5 nitrogen and oxygen atoms in total. The molecule has 2 rings (SSSR count). The Balaban J connectivity index is 1.95. The first-order chi connectivity index (χ1) is 11.0. The maximum atomic E-state index is 12.1. The standard InChI is InChI=1S/C18H20N2O3/c1-13-7-9-15(10-8-13)12-19-18(21)11-14(2)16-5-3-4-6-17(16)20(22)23/h3-10,14H,11-12H2,1-2H3,(H,19,21). The number of hydrogen-bond donors (Lipinski definition) is 1. The second-order valence-electron chi connectivity index (χ2n) is 5.68. The van der Waals surface area contributed by atoms with Gasteiger partial charge in [-0.1, -0.05) is 55.0 Å². The van der Waals surface area contributed by atoms with Crippen LogP contribution in [0.15, 0.2) is 48.5 Å². The monoisotopic (exact) mass is 312 g/mol. The van der Waals surface area contributed by atoms with Gasteiger partial charge < -0.3 is 5.32 Å². The van der Waals surface area contributed by atoms with Crippen LogP contribution in [0.2, 0.25) is 0 Å². The van der Waals surface area contributed by atoms with E-state index in [-0.39, 0.29) is 23.9 Å². The van der Waals surface area contributed by atoms with Crippen LogP contribution in [0, 0.1) is 17.0 Å². The zero-order valence-electron chi connectivity index (χ0n) is 13.3. The summed E-state index contributed by atoms with van der Waals surface area (Å²) in [5, 5.41) is 13.9. The van der Waals surface area contributed by atoms with Crippen molar-refractivity contribution in [2.24, 2.45) is 0 Å². The van der Waals surface area contributed by atoms with Crippen molar-refractivity contribution in [1.82, 2.24) is 5.32 Å². The van der Waals surface area contributed by atoms with Crippen molar-refractivity contribution in [1.29, 1.82) is 0 Å². The van der Waals surface area contributed by atoms with Gasteiger partial charge >= 0.3 is 0 Å². The van der Waals surface area contributed by atoms with Crippen LogP contribution < -0.4 is 5.32 Å². The molecule has 0 aliphatic carbocycles. The number of aryl methyl sites for hydroxylation is 1. The van der Waals surface area contributed by atoms with Gasteiger partial charge in [-0.25, -0.2) is 0 Å². The Morgan fingerprint density at radius 2 is 1.83 bits per heavy atom. The zero-order chi connectivity index (χ0) is 16.8. The minimum absolute atomic E-state index is 0.0614. The Morgan fingerprint density at radius 1 is 1.17 bits per heavy atom. The number of carbonyl (C=O) groups is 1. The van der Waals surface area contributed by atoms with Gasteiger partial charge in [0, 0.05) is 24.6 Å². The summed E-state index contributed by atoms with van der Waals surface area (Å²) < 4.78 is 0. The van der Waals surface area contributed by atoms with Crippen molar-refractivity contribution in [2.45, 2.75) is 32.7 Å². The predicted octanol–water partition coefficient (Wildman–Crippen LogP) is 3.71. The molecule has 1 N–H and O–H groups in total. The molecule has 120 valence electrons. The van der Waals surface area contributed by atoms with Gasteiger partial charge in [0.15, 0.2) is 0 Å². The maximum Gasteiger partial charge on any atom is 0.272 e. The molecule has 0 fully saturated rings. The van der Waals surface area contributed by atoms with E-state index >= 15 is 0 Å². The number of nitrogens with one attached hydrogen (secondary N) is 1. The number of nitro groups is 1. The Morgan fingerprint density at radius 3 is 2.48 bits per heavy atom. The smallest absolute Gasteiger partial charge is 0.272 e. The molecule has 0 bridgehead atoms. The summed E-state index contributed by atoms with van der Waals surface area (Å²) in [6, 6.07) is 14.5. The average Bonchev–Trinajstić information content (AvgIpc) is 2.54. The first-order valence-electron chi connectivity index (χ1n) is 7.53. The highest BCUT2D eigenvalue weighted by molar-refractivity contribution is 5.77. The van der Waals surface area contributed by atoms with Crippen molar-refractivity contribution >= 4 is 11.6 Å². The summed E-state index contributed by atoms with van der Waals surface area (Å²) in [5.74, 6) is -0.328. The summed E-state index contributed by atoms with van der Waals surface area (Å²) in [6.45, 7) is 4.30. The van der Waals surface area contributed by atoms with Crippen LogP contribution in [0.3, 0.4) is 0 Å². The summed E-state index contributed by atoms with van der Waals surface area (Å²) in [4.78, 5) is 22.7. The van der Waals surface area contributed by atoms with Gasteiger partial charge in [0.2, 0.25) is 5.91 Å². The fourth-order valence-corrected chi connectivity index (χ4v) is 2.44. The maximum absolute atomic E-state index is 12.1. The lowest BCUT2D eigenvalue weighted by molar-refractivity contribution is -0.385. The normalized spacial score (nSPS) is 11.7. The van der Waals surface area contributed by atoms with Crippen molar-refractivity contribution in [3.05, 3.63) is 75.3 Å². The molecule has 0 aromatic heterocycles. The number of benzene rings is 2. The van der Waals surface area contributed by atoms with Crippen molar-refractivity contribution in [3.8, 4) is 0 Å². The summed E-state index contributed by atoms with van der Waals surface area (Å²) >= 11 is 0. The molecule has 0 aliphatic heterocycles. The van der Waals surface area contributed by atoms with Crippen LogP contribution in [0.25, 0.3) is 0 Å². The zero-order valence-corrected chi connectivity index (χ0v) is 13.3. The molecule has 1 atom stereocenters. The van der Waals surface area contributed by atoms with E-state index in [0.717, 1.165) is 5.56 Å². The van der Waals surface area contributed by atoms with Crippen molar-refractivity contribution in [3.63, 3.8) is 0 Å². The summed E-state index contributed by atoms with van der Waals surface area (Å²) in [5.41, 5.74) is 2.85. The highest BCUT2D eigenvalue weighted by Crippen LogP contribution is 2.28. The van der Waals surface area contributed by atoms with Gasteiger partial charge in [0.25, 0.3) is 5.69 Å². The minimum atomic E-state index is -0.407. The van der Waals surface area contributed by atoms with Gasteiger partial charge in [-0.05, 0) is 18.4 Å². The van der Waals surface area contributed by atoms with E-state index < -0.39 is 4.92 Å². The van der Waals surface area contributed by atoms with E-state index in [1.165, 1.54) is 11.6 Å². The topological polar surface area (TPSA) is 72.2 Å². The Labute approximate surface area is 135 Å². The molecule has 2 aromatic carbocycles. The number of amides is 1. The number of para-hydroxylation sites is 1. The number of rotatable bonds is 6. The van der Waals surface area contributed by atoms with Crippen LogP contribution in [-0.2, 0) is 11.3 Å². The highest BCUT2D eigenvalue weighted by atomic mass is 16.6.